The van der Waals surface area contributed by atoms with Crippen molar-refractivity contribution in [2.75, 3.05) is 13.6 Å². The molecule has 2 aromatic rings. The van der Waals surface area contributed by atoms with Crippen molar-refractivity contribution in [3.05, 3.63) is 54.1 Å². The molecule has 140 valence electrons. The number of carbonyl (C=O) groups excluding carboxylic acids is 1. The lowest BCUT2D eigenvalue weighted by Gasteiger charge is -2.34. The van der Waals surface area contributed by atoms with Gasteiger partial charge in [-0.1, -0.05) is 43.2 Å². The van der Waals surface area contributed by atoms with Crippen LogP contribution in [-0.2, 0) is 13.5 Å². The van der Waals surface area contributed by atoms with Crippen LogP contribution in [0.3, 0.4) is 0 Å². The molecule has 1 aromatic heterocycles. The van der Waals surface area contributed by atoms with E-state index >= 15 is 0 Å². The molecular weight excluding hydrogens is 324 g/mol. The van der Waals surface area contributed by atoms with Crippen LogP contribution in [0.1, 0.15) is 49.4 Å². The monoisotopic (exact) mass is 354 g/mol. The molecule has 1 N–H and O–H groups in total. The maximum absolute atomic E-state index is 12.6. The van der Waals surface area contributed by atoms with E-state index in [2.05, 4.69) is 40.6 Å². The third-order valence-electron chi connectivity index (χ3n) is 5.46. The van der Waals surface area contributed by atoms with Gasteiger partial charge in [0.15, 0.2) is 0 Å². The average Bonchev–Trinajstić information content (AvgIpc) is 3.07. The van der Waals surface area contributed by atoms with E-state index in [0.717, 1.165) is 38.1 Å². The first kappa shape index (κ1) is 18.5. The number of imidazole rings is 1. The lowest BCUT2D eigenvalue weighted by atomic mass is 9.80. The van der Waals surface area contributed by atoms with Gasteiger partial charge in [-0.05, 0) is 24.8 Å². The van der Waals surface area contributed by atoms with E-state index in [1.165, 1.54) is 18.4 Å². The summed E-state index contributed by atoms with van der Waals surface area (Å²) in [4.78, 5) is 18.8. The highest BCUT2D eigenvalue weighted by Gasteiger charge is 2.28. The summed E-state index contributed by atoms with van der Waals surface area (Å²) in [7, 11) is 3.89. The second kappa shape index (κ2) is 8.88. The molecule has 0 spiro atoms. The van der Waals surface area contributed by atoms with Gasteiger partial charge in [-0.3, -0.25) is 0 Å². The number of urea groups is 1. The van der Waals surface area contributed by atoms with Crippen molar-refractivity contribution < 1.29 is 4.79 Å². The van der Waals surface area contributed by atoms with Gasteiger partial charge in [0.25, 0.3) is 0 Å². The maximum atomic E-state index is 12.6. The molecule has 3 rings (SSSR count). The van der Waals surface area contributed by atoms with Crippen LogP contribution in [0, 0.1) is 0 Å². The van der Waals surface area contributed by atoms with Gasteiger partial charge >= 0.3 is 6.03 Å². The molecule has 0 radical (unpaired) electrons. The second-order valence-electron chi connectivity index (χ2n) is 7.34. The van der Waals surface area contributed by atoms with Crippen LogP contribution in [-0.4, -0.2) is 40.1 Å². The largest absolute Gasteiger partial charge is 0.338 e. The van der Waals surface area contributed by atoms with Gasteiger partial charge in [-0.25, -0.2) is 9.78 Å². The molecule has 26 heavy (non-hydrogen) atoms. The first-order valence-corrected chi connectivity index (χ1v) is 9.68. The van der Waals surface area contributed by atoms with Crippen LogP contribution < -0.4 is 5.32 Å². The number of aromatic nitrogens is 2. The Bertz CT molecular complexity index is 697. The van der Waals surface area contributed by atoms with E-state index in [-0.39, 0.29) is 12.1 Å². The molecule has 2 amide bonds. The molecule has 0 aliphatic heterocycles. The number of aryl methyl sites for hydroxylation is 2. The Kier molecular flexibility index (Phi) is 6.31. The third-order valence-corrected chi connectivity index (χ3v) is 5.46. The van der Waals surface area contributed by atoms with Gasteiger partial charge in [0.05, 0.1) is 0 Å². The van der Waals surface area contributed by atoms with Crippen molar-refractivity contribution in [2.45, 2.75) is 50.5 Å². The molecule has 0 bridgehead atoms. The predicted octanol–water partition coefficient (Wildman–Crippen LogP) is 3.72. The van der Waals surface area contributed by atoms with Crippen LogP contribution >= 0.6 is 0 Å². The fourth-order valence-corrected chi connectivity index (χ4v) is 3.88. The van der Waals surface area contributed by atoms with Crippen molar-refractivity contribution in [2.24, 2.45) is 7.05 Å². The summed E-state index contributed by atoms with van der Waals surface area (Å²) in [6.07, 6.45) is 10.2. The fourth-order valence-electron chi connectivity index (χ4n) is 3.88. The number of amides is 2. The molecule has 1 saturated carbocycles. The highest BCUT2D eigenvalue weighted by molar-refractivity contribution is 5.74. The molecule has 5 nitrogen and oxygen atoms in total. The lowest BCUT2D eigenvalue weighted by Crippen LogP contribution is -2.46. The molecule has 2 atom stereocenters. The Morgan fingerprint density at radius 1 is 1.27 bits per heavy atom. The summed E-state index contributed by atoms with van der Waals surface area (Å²) in [6, 6.07) is 10.9. The smallest absolute Gasteiger partial charge is 0.317 e. The second-order valence-corrected chi connectivity index (χ2v) is 7.34. The Morgan fingerprint density at radius 3 is 2.77 bits per heavy atom. The molecular formula is C21H30N4O. The van der Waals surface area contributed by atoms with E-state index in [1.54, 1.807) is 4.90 Å². The van der Waals surface area contributed by atoms with Gasteiger partial charge in [0.2, 0.25) is 0 Å². The zero-order chi connectivity index (χ0) is 18.4. The van der Waals surface area contributed by atoms with Crippen LogP contribution in [0.25, 0.3) is 0 Å². The molecule has 1 heterocycles. The lowest BCUT2D eigenvalue weighted by molar-refractivity contribution is 0.197. The summed E-state index contributed by atoms with van der Waals surface area (Å²) in [6.45, 7) is 0.738. The number of hydrogen-bond acceptors (Lipinski definition) is 2. The van der Waals surface area contributed by atoms with Gasteiger partial charge in [-0.2, -0.15) is 0 Å². The first-order chi connectivity index (χ1) is 12.6. The summed E-state index contributed by atoms with van der Waals surface area (Å²) >= 11 is 0. The third kappa shape index (κ3) is 4.65. The number of nitrogens with zero attached hydrogens (tertiary/aromatic N) is 3. The Hall–Kier alpha value is -2.30. The van der Waals surface area contributed by atoms with Crippen molar-refractivity contribution in [1.82, 2.24) is 19.8 Å². The van der Waals surface area contributed by atoms with Crippen molar-refractivity contribution in [1.29, 1.82) is 0 Å². The highest BCUT2D eigenvalue weighted by atomic mass is 16.2. The first-order valence-electron chi connectivity index (χ1n) is 9.68. The number of hydrogen-bond donors (Lipinski definition) is 1. The van der Waals surface area contributed by atoms with Crippen molar-refractivity contribution in [3.63, 3.8) is 0 Å². The standard InChI is InChI=1S/C21H30N4O/c1-24-16-14-22-20(24)13-8-15-25(2)21(26)23-19-12-7-6-11-18(19)17-9-4-3-5-10-17/h3-5,9-10,14,16,18-19H,6-8,11-13,15H2,1-2H3,(H,23,26)/t18-,19+/m0/s1. The zero-order valence-corrected chi connectivity index (χ0v) is 15.9. The fraction of sp³-hybridized carbons (Fsp3) is 0.524. The highest BCUT2D eigenvalue weighted by Crippen LogP contribution is 2.33. The minimum Gasteiger partial charge on any atom is -0.338 e. The van der Waals surface area contributed by atoms with Gasteiger partial charge in [0.1, 0.15) is 5.82 Å². The summed E-state index contributed by atoms with van der Waals surface area (Å²) < 4.78 is 2.03. The number of benzene rings is 1. The summed E-state index contributed by atoms with van der Waals surface area (Å²) in [5.74, 6) is 1.49. The predicted molar refractivity (Wildman–Crippen MR) is 104 cm³/mol. The van der Waals surface area contributed by atoms with E-state index in [4.69, 9.17) is 0 Å². The minimum absolute atomic E-state index is 0.0395. The maximum Gasteiger partial charge on any atom is 0.317 e. The number of nitrogens with one attached hydrogen (secondary N) is 1. The van der Waals surface area contributed by atoms with Crippen LogP contribution in [0.15, 0.2) is 42.7 Å². The number of rotatable bonds is 6. The Balaban J connectivity index is 1.51. The van der Waals surface area contributed by atoms with Crippen molar-refractivity contribution in [3.8, 4) is 0 Å². The molecule has 1 fully saturated rings. The van der Waals surface area contributed by atoms with E-state index in [1.807, 2.05) is 31.1 Å². The summed E-state index contributed by atoms with van der Waals surface area (Å²) in [5, 5.41) is 3.29. The zero-order valence-electron chi connectivity index (χ0n) is 15.9. The molecule has 1 aliphatic carbocycles. The average molecular weight is 354 g/mol. The topological polar surface area (TPSA) is 50.2 Å². The molecule has 0 unspecified atom stereocenters. The van der Waals surface area contributed by atoms with E-state index in [9.17, 15) is 4.79 Å². The van der Waals surface area contributed by atoms with Crippen LogP contribution in [0.4, 0.5) is 4.79 Å². The normalized spacial score (nSPS) is 19.9. The van der Waals surface area contributed by atoms with Crippen LogP contribution in [0.5, 0.6) is 0 Å². The number of carbonyl (C=O) groups is 1. The summed E-state index contributed by atoms with van der Waals surface area (Å²) in [5.41, 5.74) is 1.34. The Labute approximate surface area is 156 Å². The van der Waals surface area contributed by atoms with Gasteiger partial charge < -0.3 is 14.8 Å². The van der Waals surface area contributed by atoms with Crippen LogP contribution in [0.2, 0.25) is 0 Å². The molecule has 1 aromatic carbocycles. The quantitative estimate of drug-likeness (QED) is 0.859. The van der Waals surface area contributed by atoms with Gasteiger partial charge in [0, 0.05) is 51.4 Å². The minimum atomic E-state index is 0.0395. The van der Waals surface area contributed by atoms with E-state index < -0.39 is 0 Å². The molecule has 0 saturated heterocycles. The molecule has 5 heteroatoms. The van der Waals surface area contributed by atoms with Crippen molar-refractivity contribution >= 4 is 6.03 Å². The van der Waals surface area contributed by atoms with E-state index in [0.29, 0.717) is 5.92 Å². The molecule has 1 aliphatic rings. The van der Waals surface area contributed by atoms with Gasteiger partial charge in [-0.15, -0.1) is 0 Å². The Morgan fingerprint density at radius 2 is 2.04 bits per heavy atom. The SMILES string of the molecule is CN(CCCc1nccn1C)C(=O)N[C@@H]1CCCC[C@H]1c1ccccc1.